The molecule has 1 aliphatic rings. The lowest BCUT2D eigenvalue weighted by atomic mass is 10.3. The molecule has 0 aliphatic carbocycles. The number of rotatable bonds is 6. The van der Waals surface area contributed by atoms with Crippen LogP contribution in [0.15, 0.2) is 0 Å². The van der Waals surface area contributed by atoms with Crippen LogP contribution in [0.2, 0.25) is 0 Å². The number of thiocarbonyl (C=S) groups is 1. The van der Waals surface area contributed by atoms with E-state index in [1.54, 1.807) is 7.11 Å². The van der Waals surface area contributed by atoms with Crippen molar-refractivity contribution in [1.82, 2.24) is 4.31 Å². The Bertz CT molecular complexity index is 358. The molecule has 1 heterocycles. The predicted octanol–water partition coefficient (Wildman–Crippen LogP) is -0.660. The molecule has 17 heavy (non-hydrogen) atoms. The van der Waals surface area contributed by atoms with Crippen LogP contribution >= 0.6 is 12.2 Å². The van der Waals surface area contributed by atoms with E-state index >= 15 is 0 Å². The summed E-state index contributed by atoms with van der Waals surface area (Å²) in [7, 11) is -1.72. The first-order valence-corrected chi connectivity index (χ1v) is 7.37. The van der Waals surface area contributed by atoms with Gasteiger partial charge in [-0.15, -0.1) is 0 Å². The molecule has 0 aromatic carbocycles. The number of morpholine rings is 1. The Morgan fingerprint density at radius 3 is 2.94 bits per heavy atom. The maximum absolute atomic E-state index is 12.0. The van der Waals surface area contributed by atoms with E-state index in [1.807, 2.05) is 0 Å². The van der Waals surface area contributed by atoms with Gasteiger partial charge in [-0.25, -0.2) is 8.42 Å². The SMILES string of the molecule is COCCCS(=O)(=O)N1CCOC(C(N)=S)C1. The van der Waals surface area contributed by atoms with Gasteiger partial charge in [0.25, 0.3) is 0 Å². The van der Waals surface area contributed by atoms with Crippen LogP contribution in [0.1, 0.15) is 6.42 Å². The van der Waals surface area contributed by atoms with Crippen LogP contribution in [0, 0.1) is 0 Å². The highest BCUT2D eigenvalue weighted by Gasteiger charge is 2.30. The lowest BCUT2D eigenvalue weighted by Gasteiger charge is -2.31. The largest absolute Gasteiger partial charge is 0.391 e. The van der Waals surface area contributed by atoms with Crippen molar-refractivity contribution in [3.8, 4) is 0 Å². The summed E-state index contributed by atoms with van der Waals surface area (Å²) in [4.78, 5) is 0.196. The molecule has 1 rings (SSSR count). The van der Waals surface area contributed by atoms with E-state index < -0.39 is 16.1 Å². The highest BCUT2D eigenvalue weighted by atomic mass is 32.2. The van der Waals surface area contributed by atoms with E-state index in [0.717, 1.165) is 0 Å². The Labute approximate surface area is 107 Å². The second-order valence-electron chi connectivity index (χ2n) is 3.78. The highest BCUT2D eigenvalue weighted by Crippen LogP contribution is 2.11. The van der Waals surface area contributed by atoms with Crippen molar-refractivity contribution in [2.24, 2.45) is 5.73 Å². The van der Waals surface area contributed by atoms with Crippen LogP contribution in [0.3, 0.4) is 0 Å². The topological polar surface area (TPSA) is 81.9 Å². The first-order chi connectivity index (χ1) is 7.97. The molecule has 0 aromatic rings. The maximum Gasteiger partial charge on any atom is 0.214 e. The standard InChI is InChI=1S/C9H18N2O4S2/c1-14-4-2-6-17(12,13)11-3-5-15-8(7-11)9(10)16/h8H,2-7H2,1H3,(H2,10,16). The summed E-state index contributed by atoms with van der Waals surface area (Å²) in [5, 5.41) is 0. The van der Waals surface area contributed by atoms with Crippen molar-refractivity contribution < 1.29 is 17.9 Å². The zero-order valence-electron chi connectivity index (χ0n) is 9.79. The van der Waals surface area contributed by atoms with Crippen LogP contribution in [0.5, 0.6) is 0 Å². The number of hydrogen-bond donors (Lipinski definition) is 1. The van der Waals surface area contributed by atoms with E-state index in [4.69, 9.17) is 27.4 Å². The van der Waals surface area contributed by atoms with E-state index in [9.17, 15) is 8.42 Å². The number of hydrogen-bond acceptors (Lipinski definition) is 5. The average Bonchev–Trinajstić information content (AvgIpc) is 2.29. The second kappa shape index (κ2) is 6.60. The quantitative estimate of drug-likeness (QED) is 0.514. The molecule has 0 saturated carbocycles. The average molecular weight is 282 g/mol. The van der Waals surface area contributed by atoms with Crippen LogP contribution in [0.4, 0.5) is 0 Å². The van der Waals surface area contributed by atoms with Crippen LogP contribution in [-0.2, 0) is 19.5 Å². The van der Waals surface area contributed by atoms with Gasteiger partial charge in [0.05, 0.1) is 12.4 Å². The minimum atomic E-state index is -3.26. The van der Waals surface area contributed by atoms with Gasteiger partial charge in [0.1, 0.15) is 11.1 Å². The molecule has 0 spiro atoms. The van der Waals surface area contributed by atoms with Gasteiger partial charge in [0.15, 0.2) is 0 Å². The molecular formula is C9H18N2O4S2. The van der Waals surface area contributed by atoms with Crippen molar-refractivity contribution in [2.45, 2.75) is 12.5 Å². The number of methoxy groups -OCH3 is 1. The third-order valence-corrected chi connectivity index (χ3v) is 4.68. The third kappa shape index (κ3) is 4.47. The highest BCUT2D eigenvalue weighted by molar-refractivity contribution is 7.89. The molecule has 8 heteroatoms. The molecule has 2 N–H and O–H groups in total. The van der Waals surface area contributed by atoms with E-state index in [2.05, 4.69) is 0 Å². The maximum atomic E-state index is 12.0. The normalized spacial score (nSPS) is 22.5. The van der Waals surface area contributed by atoms with E-state index in [1.165, 1.54) is 4.31 Å². The lowest BCUT2D eigenvalue weighted by Crippen LogP contribution is -2.50. The van der Waals surface area contributed by atoms with Crippen LogP contribution in [0.25, 0.3) is 0 Å². The summed E-state index contributed by atoms with van der Waals surface area (Å²) in [5.41, 5.74) is 5.46. The molecule has 1 unspecified atom stereocenters. The predicted molar refractivity (Wildman–Crippen MR) is 68.4 cm³/mol. The fraction of sp³-hybridized carbons (Fsp3) is 0.889. The van der Waals surface area contributed by atoms with Crippen LogP contribution in [-0.4, -0.2) is 63.0 Å². The molecule has 0 bridgehead atoms. The Balaban J connectivity index is 2.55. The zero-order valence-corrected chi connectivity index (χ0v) is 11.4. The molecule has 1 aliphatic heterocycles. The Hall–Kier alpha value is -0.280. The van der Waals surface area contributed by atoms with Crippen molar-refractivity contribution >= 4 is 27.2 Å². The molecule has 0 aromatic heterocycles. The minimum Gasteiger partial charge on any atom is -0.391 e. The van der Waals surface area contributed by atoms with Crippen molar-refractivity contribution in [1.29, 1.82) is 0 Å². The Morgan fingerprint density at radius 1 is 1.65 bits per heavy atom. The Morgan fingerprint density at radius 2 is 2.35 bits per heavy atom. The van der Waals surface area contributed by atoms with Gasteiger partial charge in [-0.2, -0.15) is 4.31 Å². The van der Waals surface area contributed by atoms with Gasteiger partial charge >= 0.3 is 0 Å². The van der Waals surface area contributed by atoms with E-state index in [0.29, 0.717) is 26.2 Å². The van der Waals surface area contributed by atoms with Gasteiger partial charge in [-0.05, 0) is 6.42 Å². The summed E-state index contributed by atoms with van der Waals surface area (Å²) >= 11 is 4.81. The molecule has 100 valence electrons. The van der Waals surface area contributed by atoms with Crippen molar-refractivity contribution in [2.75, 3.05) is 39.2 Å². The number of sulfonamides is 1. The summed E-state index contributed by atoms with van der Waals surface area (Å²) in [6.07, 6.45) is 0.00412. The van der Waals surface area contributed by atoms with Gasteiger partial charge in [-0.3, -0.25) is 0 Å². The summed E-state index contributed by atoms with van der Waals surface area (Å²) in [6.45, 7) is 1.33. The fourth-order valence-electron chi connectivity index (χ4n) is 1.57. The minimum absolute atomic E-state index is 0.0743. The van der Waals surface area contributed by atoms with E-state index in [-0.39, 0.29) is 17.3 Å². The fourth-order valence-corrected chi connectivity index (χ4v) is 3.16. The second-order valence-corrected chi connectivity index (χ2v) is 6.34. The van der Waals surface area contributed by atoms with Gasteiger partial charge in [-0.1, -0.05) is 12.2 Å². The Kier molecular flexibility index (Phi) is 5.74. The van der Waals surface area contributed by atoms with Crippen LogP contribution < -0.4 is 5.73 Å². The third-order valence-electron chi connectivity index (χ3n) is 2.49. The van der Waals surface area contributed by atoms with Gasteiger partial charge < -0.3 is 15.2 Å². The number of ether oxygens (including phenoxy) is 2. The molecule has 0 amide bonds. The monoisotopic (exact) mass is 282 g/mol. The first-order valence-electron chi connectivity index (χ1n) is 5.35. The molecule has 6 nitrogen and oxygen atoms in total. The lowest BCUT2D eigenvalue weighted by molar-refractivity contribution is 0.0386. The van der Waals surface area contributed by atoms with Gasteiger partial charge in [0, 0.05) is 26.8 Å². The zero-order chi connectivity index (χ0) is 12.9. The van der Waals surface area contributed by atoms with Crippen molar-refractivity contribution in [3.05, 3.63) is 0 Å². The molecule has 1 fully saturated rings. The molecule has 1 saturated heterocycles. The molecule has 1 atom stereocenters. The summed E-state index contributed by atoms with van der Waals surface area (Å²) in [6, 6.07) is 0. The summed E-state index contributed by atoms with van der Waals surface area (Å²) < 4.78 is 35.4. The summed E-state index contributed by atoms with van der Waals surface area (Å²) in [5.74, 6) is 0.0743. The first kappa shape index (κ1) is 14.8. The molecular weight excluding hydrogens is 264 g/mol. The van der Waals surface area contributed by atoms with Crippen molar-refractivity contribution in [3.63, 3.8) is 0 Å². The molecule has 0 radical (unpaired) electrons. The smallest absolute Gasteiger partial charge is 0.214 e. The number of nitrogens with zero attached hydrogens (tertiary/aromatic N) is 1. The number of nitrogens with two attached hydrogens (primary N) is 1. The van der Waals surface area contributed by atoms with Gasteiger partial charge in [0.2, 0.25) is 10.0 Å².